The molecule has 2 aromatic heterocycles. The molecule has 0 aliphatic carbocycles. The third-order valence-electron chi connectivity index (χ3n) is 5.08. The molecule has 0 atom stereocenters. The summed E-state index contributed by atoms with van der Waals surface area (Å²) in [6.45, 7) is 0. The predicted molar refractivity (Wildman–Crippen MR) is 129 cm³/mol. The van der Waals surface area contributed by atoms with Gasteiger partial charge in [-0.3, -0.25) is 24.0 Å². The van der Waals surface area contributed by atoms with Crippen molar-refractivity contribution in [3.05, 3.63) is 109 Å². The maximum Gasteiger partial charge on any atom is 0.286 e. The number of imidazole rings is 1. The Morgan fingerprint density at radius 1 is 0.970 bits per heavy atom. The van der Waals surface area contributed by atoms with E-state index in [4.69, 9.17) is 16.6 Å². The molecule has 5 rings (SSSR count). The Hall–Kier alpha value is -3.82. The van der Waals surface area contributed by atoms with Crippen molar-refractivity contribution >= 4 is 44.4 Å². The Kier molecular flexibility index (Phi) is 5.27. The number of halogens is 2. The number of non-ortho nitro benzene ring substituents is 1. The molecule has 0 fully saturated rings. The summed E-state index contributed by atoms with van der Waals surface area (Å²) in [5, 5.41) is 11.8. The second kappa shape index (κ2) is 8.27. The minimum atomic E-state index is -0.475. The largest absolute Gasteiger partial charge is 0.286 e. The van der Waals surface area contributed by atoms with Crippen LogP contribution in [0.15, 0.2) is 88.4 Å². The van der Waals surface area contributed by atoms with Gasteiger partial charge in [-0.05, 0) is 42.5 Å². The number of hydrogen-bond acceptors (Lipinski definition) is 5. The number of aromatic nitrogens is 4. The SMILES string of the molecule is O=c1c2ncn(-c3cccc([N+](=O)[O-])c3)c2nc(-c2ccc(Br)cc2)n1-c1ccc(Cl)cc1. The molecule has 3 aromatic carbocycles. The number of benzene rings is 3. The van der Waals surface area contributed by atoms with Crippen molar-refractivity contribution in [1.29, 1.82) is 0 Å². The van der Waals surface area contributed by atoms with Gasteiger partial charge < -0.3 is 0 Å². The zero-order chi connectivity index (χ0) is 23.1. The number of nitro benzene ring substituents is 1. The zero-order valence-electron chi connectivity index (χ0n) is 16.7. The highest BCUT2D eigenvalue weighted by molar-refractivity contribution is 9.10. The average molecular weight is 523 g/mol. The van der Waals surface area contributed by atoms with E-state index in [-0.39, 0.29) is 16.8 Å². The molecule has 0 saturated heterocycles. The Morgan fingerprint density at radius 2 is 1.70 bits per heavy atom. The number of nitro groups is 1. The summed E-state index contributed by atoms with van der Waals surface area (Å²) in [4.78, 5) is 33.4. The van der Waals surface area contributed by atoms with Crippen LogP contribution in [0, 0.1) is 10.1 Å². The number of hydrogen-bond donors (Lipinski definition) is 0. The molecule has 0 N–H and O–H groups in total. The van der Waals surface area contributed by atoms with Crippen LogP contribution in [-0.2, 0) is 0 Å². The summed E-state index contributed by atoms with van der Waals surface area (Å²) in [6.07, 6.45) is 1.44. The standard InChI is InChI=1S/C23H13BrClN5O3/c24-15-6-4-14(5-7-15)21-27-22-20(23(31)29(21)17-10-8-16(25)9-11-17)26-13-28(22)18-2-1-3-19(12-18)30(32)33/h1-13H. The van der Waals surface area contributed by atoms with Crippen molar-refractivity contribution in [2.75, 3.05) is 0 Å². The molecular weight excluding hydrogens is 510 g/mol. The molecule has 33 heavy (non-hydrogen) atoms. The van der Waals surface area contributed by atoms with E-state index < -0.39 is 4.92 Å². The molecule has 0 amide bonds. The van der Waals surface area contributed by atoms with Gasteiger partial charge in [0.15, 0.2) is 11.2 Å². The molecule has 0 spiro atoms. The van der Waals surface area contributed by atoms with E-state index in [1.807, 2.05) is 24.3 Å². The summed E-state index contributed by atoms with van der Waals surface area (Å²) in [6, 6.07) is 20.3. The van der Waals surface area contributed by atoms with Gasteiger partial charge in [-0.25, -0.2) is 9.97 Å². The summed E-state index contributed by atoms with van der Waals surface area (Å²) in [5.41, 5.74) is 1.76. The fourth-order valence-electron chi connectivity index (χ4n) is 3.52. The van der Waals surface area contributed by atoms with Gasteiger partial charge in [0.2, 0.25) is 0 Å². The van der Waals surface area contributed by atoms with Crippen molar-refractivity contribution in [1.82, 2.24) is 19.1 Å². The van der Waals surface area contributed by atoms with Gasteiger partial charge in [-0.1, -0.05) is 45.7 Å². The van der Waals surface area contributed by atoms with Crippen LogP contribution in [-0.4, -0.2) is 24.0 Å². The molecule has 8 nitrogen and oxygen atoms in total. The first-order valence-corrected chi connectivity index (χ1v) is 10.9. The molecule has 5 aromatic rings. The molecular formula is C23H13BrClN5O3. The van der Waals surface area contributed by atoms with E-state index >= 15 is 0 Å². The van der Waals surface area contributed by atoms with Crippen LogP contribution in [0.4, 0.5) is 5.69 Å². The lowest BCUT2D eigenvalue weighted by atomic mass is 10.2. The molecule has 0 bridgehead atoms. The highest BCUT2D eigenvalue weighted by Gasteiger charge is 2.19. The smallest absolute Gasteiger partial charge is 0.283 e. The van der Waals surface area contributed by atoms with E-state index in [0.29, 0.717) is 33.4 Å². The fourth-order valence-corrected chi connectivity index (χ4v) is 3.91. The van der Waals surface area contributed by atoms with Crippen molar-refractivity contribution in [3.63, 3.8) is 0 Å². The van der Waals surface area contributed by atoms with Crippen LogP contribution in [0.2, 0.25) is 5.02 Å². The van der Waals surface area contributed by atoms with E-state index in [1.54, 1.807) is 41.0 Å². The van der Waals surface area contributed by atoms with Crippen LogP contribution in [0.5, 0.6) is 0 Å². The minimum Gasteiger partial charge on any atom is -0.283 e. The van der Waals surface area contributed by atoms with Gasteiger partial charge in [0, 0.05) is 27.2 Å². The van der Waals surface area contributed by atoms with E-state index in [2.05, 4.69) is 20.9 Å². The normalized spacial score (nSPS) is 11.1. The van der Waals surface area contributed by atoms with Crippen LogP contribution in [0.1, 0.15) is 0 Å². The number of nitrogens with zero attached hydrogens (tertiary/aromatic N) is 5. The quantitative estimate of drug-likeness (QED) is 0.227. The molecule has 2 heterocycles. The number of fused-ring (bicyclic) bond motifs is 1. The third kappa shape index (κ3) is 3.81. The molecule has 0 aliphatic heterocycles. The highest BCUT2D eigenvalue weighted by atomic mass is 79.9. The Bertz CT molecular complexity index is 1580. The Morgan fingerprint density at radius 3 is 2.39 bits per heavy atom. The Balaban J connectivity index is 1.82. The van der Waals surface area contributed by atoms with Gasteiger partial charge >= 0.3 is 0 Å². The zero-order valence-corrected chi connectivity index (χ0v) is 19.1. The predicted octanol–water partition coefficient (Wildman–Crippen LogP) is 5.56. The lowest BCUT2D eigenvalue weighted by Crippen LogP contribution is -2.22. The summed E-state index contributed by atoms with van der Waals surface area (Å²) >= 11 is 9.47. The van der Waals surface area contributed by atoms with Crippen LogP contribution < -0.4 is 5.56 Å². The average Bonchev–Trinajstić information content (AvgIpc) is 3.25. The van der Waals surface area contributed by atoms with Crippen LogP contribution in [0.3, 0.4) is 0 Å². The molecule has 0 radical (unpaired) electrons. The first-order chi connectivity index (χ1) is 15.9. The van der Waals surface area contributed by atoms with Gasteiger partial charge in [-0.15, -0.1) is 0 Å². The first kappa shape index (κ1) is 21.0. The fraction of sp³-hybridized carbons (Fsp3) is 0. The summed E-state index contributed by atoms with van der Waals surface area (Å²) in [7, 11) is 0. The summed E-state index contributed by atoms with van der Waals surface area (Å²) in [5.74, 6) is 0.398. The first-order valence-electron chi connectivity index (χ1n) is 9.69. The van der Waals surface area contributed by atoms with Gasteiger partial charge in [0.1, 0.15) is 12.2 Å². The Labute approximate surface area is 200 Å². The second-order valence-electron chi connectivity index (χ2n) is 7.12. The topological polar surface area (TPSA) is 95.8 Å². The molecule has 10 heteroatoms. The van der Waals surface area contributed by atoms with Gasteiger partial charge in [0.25, 0.3) is 11.2 Å². The molecule has 162 valence electrons. The lowest BCUT2D eigenvalue weighted by Gasteiger charge is -2.13. The summed E-state index contributed by atoms with van der Waals surface area (Å²) < 4.78 is 3.93. The van der Waals surface area contributed by atoms with E-state index in [1.165, 1.54) is 23.0 Å². The van der Waals surface area contributed by atoms with Crippen molar-refractivity contribution < 1.29 is 4.92 Å². The number of rotatable bonds is 4. The maximum atomic E-state index is 13.6. The van der Waals surface area contributed by atoms with E-state index in [9.17, 15) is 14.9 Å². The molecule has 0 saturated carbocycles. The third-order valence-corrected chi connectivity index (χ3v) is 5.86. The van der Waals surface area contributed by atoms with E-state index in [0.717, 1.165) is 4.47 Å². The van der Waals surface area contributed by atoms with Crippen LogP contribution in [0.25, 0.3) is 33.9 Å². The molecule has 0 aliphatic rings. The maximum absolute atomic E-state index is 13.6. The highest BCUT2D eigenvalue weighted by Crippen LogP contribution is 2.26. The monoisotopic (exact) mass is 521 g/mol. The van der Waals surface area contributed by atoms with Crippen molar-refractivity contribution in [2.45, 2.75) is 0 Å². The van der Waals surface area contributed by atoms with Gasteiger partial charge in [-0.2, -0.15) is 0 Å². The van der Waals surface area contributed by atoms with Crippen LogP contribution >= 0.6 is 27.5 Å². The van der Waals surface area contributed by atoms with Crippen molar-refractivity contribution in [2.24, 2.45) is 0 Å². The second-order valence-corrected chi connectivity index (χ2v) is 8.48. The lowest BCUT2D eigenvalue weighted by molar-refractivity contribution is -0.384. The van der Waals surface area contributed by atoms with Gasteiger partial charge in [0.05, 0.1) is 16.3 Å². The minimum absolute atomic E-state index is 0.0722. The van der Waals surface area contributed by atoms with Crippen molar-refractivity contribution in [3.8, 4) is 22.8 Å². The molecule has 0 unspecified atom stereocenters.